The number of hydrogen-bond acceptors (Lipinski definition) is 2. The van der Waals surface area contributed by atoms with Gasteiger partial charge in [0.1, 0.15) is 11.5 Å². The molecule has 0 aliphatic rings. The third-order valence-electron chi connectivity index (χ3n) is 2.29. The van der Waals surface area contributed by atoms with Gasteiger partial charge in [-0.05, 0) is 24.3 Å². The molecule has 19 heavy (non-hydrogen) atoms. The van der Waals surface area contributed by atoms with Crippen LogP contribution in [0.1, 0.15) is 0 Å². The monoisotopic (exact) mass is 254 g/mol. The highest BCUT2D eigenvalue weighted by Crippen LogP contribution is 2.05. The fourth-order valence-corrected chi connectivity index (χ4v) is 1.15. The van der Waals surface area contributed by atoms with Crippen molar-refractivity contribution in [3.8, 4) is 0 Å². The zero-order valence-electron chi connectivity index (χ0n) is 11.0. The molecule has 2 nitrogen and oxygen atoms in total. The van der Waals surface area contributed by atoms with Crippen molar-refractivity contribution >= 4 is 7.28 Å². The predicted molar refractivity (Wildman–Crippen MR) is 85.5 cm³/mol. The Morgan fingerprint density at radius 3 is 1.26 bits per heavy atom. The highest BCUT2D eigenvalue weighted by molar-refractivity contribution is 6.55. The summed E-state index contributed by atoms with van der Waals surface area (Å²) >= 11 is 0. The Balaban J connectivity index is 5.03. The molecule has 0 bridgehead atoms. The lowest BCUT2D eigenvalue weighted by Crippen LogP contribution is -1.97. The molecule has 0 radical (unpaired) electrons. The van der Waals surface area contributed by atoms with E-state index in [1.54, 1.807) is 36.5 Å². The van der Waals surface area contributed by atoms with E-state index < -0.39 is 0 Å². The summed E-state index contributed by atoms with van der Waals surface area (Å²) in [5.41, 5.74) is 1.82. The van der Waals surface area contributed by atoms with Gasteiger partial charge in [0.25, 0.3) is 0 Å². The van der Waals surface area contributed by atoms with Crippen molar-refractivity contribution < 1.29 is 10.2 Å². The Bertz CT molecular complexity index is 433. The van der Waals surface area contributed by atoms with Crippen molar-refractivity contribution in [2.45, 2.75) is 0 Å². The highest BCUT2D eigenvalue weighted by Gasteiger charge is 1.98. The quantitative estimate of drug-likeness (QED) is 0.392. The molecule has 0 saturated heterocycles. The van der Waals surface area contributed by atoms with Gasteiger partial charge < -0.3 is 10.2 Å². The van der Waals surface area contributed by atoms with E-state index in [0.29, 0.717) is 7.28 Å². The first-order valence-electron chi connectivity index (χ1n) is 5.76. The summed E-state index contributed by atoms with van der Waals surface area (Å²) in [5.74, 6) is 0.181. The Morgan fingerprint density at radius 1 is 0.632 bits per heavy atom. The van der Waals surface area contributed by atoms with Gasteiger partial charge in [-0.15, -0.1) is 0 Å². The van der Waals surface area contributed by atoms with Gasteiger partial charge in [-0.1, -0.05) is 61.6 Å². The minimum absolute atomic E-state index is 0.0904. The first kappa shape index (κ1) is 16.6. The molecule has 0 amide bonds. The lowest BCUT2D eigenvalue weighted by molar-refractivity contribution is 0.432. The van der Waals surface area contributed by atoms with E-state index in [9.17, 15) is 10.2 Å². The van der Waals surface area contributed by atoms with Crippen molar-refractivity contribution in [2.24, 2.45) is 0 Å². The van der Waals surface area contributed by atoms with Crippen molar-refractivity contribution in [1.29, 1.82) is 0 Å². The zero-order chi connectivity index (χ0) is 14.7. The number of hydrogen-bond donors (Lipinski definition) is 2. The van der Waals surface area contributed by atoms with E-state index in [-0.39, 0.29) is 11.5 Å². The molecular weight excluding hydrogens is 235 g/mol. The van der Waals surface area contributed by atoms with Crippen LogP contribution < -0.4 is 0 Å². The van der Waals surface area contributed by atoms with E-state index >= 15 is 0 Å². The van der Waals surface area contributed by atoms with Gasteiger partial charge in [-0.2, -0.15) is 0 Å². The van der Waals surface area contributed by atoms with Crippen LogP contribution in [-0.4, -0.2) is 17.5 Å². The molecule has 0 saturated carbocycles. The molecule has 0 fully saturated rings. The van der Waals surface area contributed by atoms with Crippen LogP contribution in [-0.2, 0) is 0 Å². The smallest absolute Gasteiger partial charge is 0.192 e. The summed E-state index contributed by atoms with van der Waals surface area (Å²) < 4.78 is 0. The van der Waals surface area contributed by atoms with Gasteiger partial charge in [-0.3, -0.25) is 0 Å². The van der Waals surface area contributed by atoms with E-state index in [4.69, 9.17) is 0 Å². The standard InChI is InChI=1S/C16H19BO2/c1-5-13(9-11-15(18)7-3)17-14(6-2)10-12-16(19)8-4/h5-12,17-19H,1-4H2/b13-9+,14-10+,15-11+,16-12+. The normalized spacial score (nSPS) is 13.7. The fourth-order valence-electron chi connectivity index (χ4n) is 1.15. The molecule has 98 valence electrons. The lowest BCUT2D eigenvalue weighted by Gasteiger charge is -2.00. The van der Waals surface area contributed by atoms with Crippen LogP contribution >= 0.6 is 0 Å². The van der Waals surface area contributed by atoms with E-state index in [0.717, 1.165) is 10.9 Å². The Morgan fingerprint density at radius 2 is 1.00 bits per heavy atom. The van der Waals surface area contributed by atoms with Gasteiger partial charge >= 0.3 is 0 Å². The number of allylic oxidation sites excluding steroid dienone is 10. The first-order chi connectivity index (χ1) is 9.07. The molecule has 0 aromatic rings. The van der Waals surface area contributed by atoms with Crippen molar-refractivity contribution in [3.63, 3.8) is 0 Å². The molecule has 0 atom stereocenters. The third-order valence-corrected chi connectivity index (χ3v) is 2.29. The molecule has 3 heteroatoms. The van der Waals surface area contributed by atoms with Crippen LogP contribution in [0.2, 0.25) is 0 Å². The SMILES string of the molecule is C=C/C(B/C(C=C)=C/C=C(/O)C=C)=C\C=C(\O)C=C. The maximum atomic E-state index is 9.28. The summed E-state index contributed by atoms with van der Waals surface area (Å²) in [6.45, 7) is 14.3. The first-order valence-corrected chi connectivity index (χ1v) is 5.76. The van der Waals surface area contributed by atoms with Crippen molar-refractivity contribution in [2.75, 3.05) is 0 Å². The largest absolute Gasteiger partial charge is 0.508 e. The van der Waals surface area contributed by atoms with Crippen molar-refractivity contribution in [1.82, 2.24) is 0 Å². The molecule has 0 heterocycles. The second-order valence-corrected chi connectivity index (χ2v) is 3.66. The number of aliphatic hydroxyl groups excluding tert-OH is 2. The van der Waals surface area contributed by atoms with Crippen LogP contribution in [0.5, 0.6) is 0 Å². The van der Waals surface area contributed by atoms with Gasteiger partial charge in [0, 0.05) is 0 Å². The van der Waals surface area contributed by atoms with E-state index in [1.165, 1.54) is 12.2 Å². The Hall–Kier alpha value is -2.42. The molecule has 2 N–H and O–H groups in total. The third kappa shape index (κ3) is 7.50. The molecule has 0 aliphatic carbocycles. The average Bonchev–Trinajstić information content (AvgIpc) is 2.45. The summed E-state index contributed by atoms with van der Waals surface area (Å²) in [7, 11) is 0.592. The van der Waals surface area contributed by atoms with Gasteiger partial charge in [0.15, 0.2) is 7.28 Å². The lowest BCUT2D eigenvalue weighted by atomic mass is 9.62. The molecule has 0 rings (SSSR count). The second kappa shape index (κ2) is 9.60. The van der Waals surface area contributed by atoms with E-state index in [1.807, 2.05) is 0 Å². The Kier molecular flexibility index (Phi) is 8.38. The topological polar surface area (TPSA) is 40.5 Å². The molecule has 0 spiro atoms. The average molecular weight is 254 g/mol. The maximum Gasteiger partial charge on any atom is 0.192 e. The van der Waals surface area contributed by atoms with Gasteiger partial charge in [-0.25, -0.2) is 0 Å². The summed E-state index contributed by atoms with van der Waals surface area (Å²) in [4.78, 5) is 0. The fraction of sp³-hybridized carbons (Fsp3) is 0. The minimum Gasteiger partial charge on any atom is -0.508 e. The van der Waals surface area contributed by atoms with Crippen LogP contribution in [0.4, 0.5) is 0 Å². The minimum atomic E-state index is 0.0904. The maximum absolute atomic E-state index is 9.28. The van der Waals surface area contributed by atoms with Crippen LogP contribution in [0.3, 0.4) is 0 Å². The Labute approximate surface area is 115 Å². The van der Waals surface area contributed by atoms with Crippen LogP contribution in [0.25, 0.3) is 0 Å². The molecule has 0 aliphatic heterocycles. The summed E-state index contributed by atoms with van der Waals surface area (Å²) in [6, 6.07) is 0. The molecule has 0 aromatic carbocycles. The molecule has 0 unspecified atom stereocenters. The highest BCUT2D eigenvalue weighted by atomic mass is 16.3. The number of rotatable bonds is 8. The van der Waals surface area contributed by atoms with Gasteiger partial charge in [0.05, 0.1) is 0 Å². The van der Waals surface area contributed by atoms with Crippen LogP contribution in [0.15, 0.2) is 97.4 Å². The molecule has 0 aromatic heterocycles. The van der Waals surface area contributed by atoms with Gasteiger partial charge in [0.2, 0.25) is 0 Å². The zero-order valence-corrected chi connectivity index (χ0v) is 11.0. The van der Waals surface area contributed by atoms with Crippen LogP contribution in [0, 0.1) is 0 Å². The number of aliphatic hydroxyl groups is 2. The summed E-state index contributed by atoms with van der Waals surface area (Å²) in [5, 5.41) is 18.6. The predicted octanol–water partition coefficient (Wildman–Crippen LogP) is 3.82. The van der Waals surface area contributed by atoms with E-state index in [2.05, 4.69) is 26.3 Å². The summed E-state index contributed by atoms with van der Waals surface area (Å²) in [6.07, 6.45) is 12.7. The second-order valence-electron chi connectivity index (χ2n) is 3.66. The molecular formula is C16H19BO2. The van der Waals surface area contributed by atoms with Crippen molar-refractivity contribution in [3.05, 3.63) is 97.4 Å².